The number of benzene rings is 2. The number of carbonyl (C=O) groups excluding carboxylic acids is 1. The van der Waals surface area contributed by atoms with Crippen molar-refractivity contribution in [2.24, 2.45) is 0 Å². The molecule has 4 rings (SSSR count). The predicted octanol–water partition coefficient (Wildman–Crippen LogP) is 3.35. The summed E-state index contributed by atoms with van der Waals surface area (Å²) in [6.07, 6.45) is 1.92. The molecule has 2 aromatic carbocycles. The lowest BCUT2D eigenvalue weighted by Gasteiger charge is -2.25. The number of anilines is 1. The van der Waals surface area contributed by atoms with Gasteiger partial charge in [0.2, 0.25) is 0 Å². The molecule has 1 aromatic heterocycles. The SMILES string of the molecule is COc1cccc([C@H]2CCCN2C(=O)Nc2ccc(-n3nnnc3C)cc2)c1. The standard InChI is InChI=1S/C20H22N6O2/c1-14-22-23-24-26(14)17-10-8-16(9-11-17)21-20(27)25-12-4-7-19(25)15-5-3-6-18(13-15)28-2/h3,5-6,8-11,13,19H,4,7,12H2,1-2H3,(H,21,27)/t19-/m1/s1. The number of urea groups is 1. The number of hydrogen-bond acceptors (Lipinski definition) is 5. The van der Waals surface area contributed by atoms with E-state index in [1.165, 1.54) is 0 Å². The third kappa shape index (κ3) is 3.53. The molecule has 8 nitrogen and oxygen atoms in total. The van der Waals surface area contributed by atoms with Crippen molar-refractivity contribution in [1.29, 1.82) is 0 Å². The molecule has 0 unspecified atom stereocenters. The maximum Gasteiger partial charge on any atom is 0.322 e. The Morgan fingerprint density at radius 2 is 2.04 bits per heavy atom. The quantitative estimate of drug-likeness (QED) is 0.752. The lowest BCUT2D eigenvalue weighted by Crippen LogP contribution is -2.34. The second-order valence-electron chi connectivity index (χ2n) is 6.74. The topological polar surface area (TPSA) is 85.2 Å². The molecule has 1 N–H and O–H groups in total. The van der Waals surface area contributed by atoms with Crippen LogP contribution in [0.1, 0.15) is 30.3 Å². The summed E-state index contributed by atoms with van der Waals surface area (Å²) < 4.78 is 6.96. The summed E-state index contributed by atoms with van der Waals surface area (Å²) >= 11 is 0. The van der Waals surface area contributed by atoms with Crippen LogP contribution in [0.3, 0.4) is 0 Å². The van der Waals surface area contributed by atoms with E-state index in [0.717, 1.165) is 42.1 Å². The first-order valence-corrected chi connectivity index (χ1v) is 9.23. The highest BCUT2D eigenvalue weighted by Gasteiger charge is 2.30. The monoisotopic (exact) mass is 378 g/mol. The lowest BCUT2D eigenvalue weighted by atomic mass is 10.0. The van der Waals surface area contributed by atoms with Gasteiger partial charge in [0, 0.05) is 12.2 Å². The fraction of sp³-hybridized carbons (Fsp3) is 0.300. The van der Waals surface area contributed by atoms with Crippen LogP contribution < -0.4 is 10.1 Å². The zero-order valence-corrected chi connectivity index (χ0v) is 15.9. The molecule has 1 atom stereocenters. The van der Waals surface area contributed by atoms with Crippen LogP contribution in [-0.2, 0) is 0 Å². The number of carbonyl (C=O) groups is 1. The Balaban J connectivity index is 1.47. The minimum atomic E-state index is -0.100. The van der Waals surface area contributed by atoms with Crippen molar-refractivity contribution >= 4 is 11.7 Å². The molecule has 28 heavy (non-hydrogen) atoms. The van der Waals surface area contributed by atoms with Gasteiger partial charge in [0.25, 0.3) is 0 Å². The molecule has 2 amide bonds. The zero-order valence-electron chi connectivity index (χ0n) is 15.9. The van der Waals surface area contributed by atoms with Crippen LogP contribution in [0.5, 0.6) is 5.75 Å². The van der Waals surface area contributed by atoms with E-state index in [1.807, 2.05) is 60.4 Å². The molecule has 0 bridgehead atoms. The van der Waals surface area contributed by atoms with Crippen LogP contribution in [0.2, 0.25) is 0 Å². The highest BCUT2D eigenvalue weighted by atomic mass is 16.5. The minimum Gasteiger partial charge on any atom is -0.497 e. The summed E-state index contributed by atoms with van der Waals surface area (Å²) in [5, 5.41) is 14.5. The highest BCUT2D eigenvalue weighted by molar-refractivity contribution is 5.90. The third-order valence-electron chi connectivity index (χ3n) is 4.98. The molecule has 8 heteroatoms. The van der Waals surface area contributed by atoms with Crippen LogP contribution in [0.25, 0.3) is 5.69 Å². The van der Waals surface area contributed by atoms with Gasteiger partial charge in [-0.25, -0.2) is 4.79 Å². The van der Waals surface area contributed by atoms with Gasteiger partial charge in [-0.1, -0.05) is 12.1 Å². The van der Waals surface area contributed by atoms with Crippen molar-refractivity contribution in [3.05, 3.63) is 59.9 Å². The summed E-state index contributed by atoms with van der Waals surface area (Å²) in [5.41, 5.74) is 2.67. The number of amides is 2. The molecular weight excluding hydrogens is 356 g/mol. The van der Waals surface area contributed by atoms with E-state index in [1.54, 1.807) is 11.8 Å². The molecule has 0 radical (unpaired) electrons. The van der Waals surface area contributed by atoms with Crippen LogP contribution in [0.15, 0.2) is 48.5 Å². The van der Waals surface area contributed by atoms with E-state index in [4.69, 9.17) is 4.74 Å². The number of rotatable bonds is 4. The maximum atomic E-state index is 12.9. The van der Waals surface area contributed by atoms with E-state index in [9.17, 15) is 4.79 Å². The zero-order chi connectivity index (χ0) is 19.5. The molecule has 0 spiro atoms. The molecule has 1 aliphatic rings. The van der Waals surface area contributed by atoms with Crippen molar-refractivity contribution in [2.45, 2.75) is 25.8 Å². The van der Waals surface area contributed by atoms with Gasteiger partial charge in [-0.3, -0.25) is 0 Å². The Hall–Kier alpha value is -3.42. The van der Waals surface area contributed by atoms with E-state index in [2.05, 4.69) is 20.8 Å². The number of methoxy groups -OCH3 is 1. The minimum absolute atomic E-state index is 0.0539. The molecule has 1 aliphatic heterocycles. The summed E-state index contributed by atoms with van der Waals surface area (Å²) in [5.74, 6) is 1.51. The Morgan fingerprint density at radius 3 is 2.75 bits per heavy atom. The third-order valence-corrected chi connectivity index (χ3v) is 4.98. The molecule has 3 aromatic rings. The Bertz CT molecular complexity index is 969. The highest BCUT2D eigenvalue weighted by Crippen LogP contribution is 2.33. The second-order valence-corrected chi connectivity index (χ2v) is 6.74. The fourth-order valence-electron chi connectivity index (χ4n) is 3.56. The van der Waals surface area contributed by atoms with Crippen LogP contribution in [0.4, 0.5) is 10.5 Å². The summed E-state index contributed by atoms with van der Waals surface area (Å²) in [6.45, 7) is 2.57. The van der Waals surface area contributed by atoms with Gasteiger partial charge < -0.3 is 15.0 Å². The molecule has 1 fully saturated rings. The molecule has 0 saturated carbocycles. The van der Waals surface area contributed by atoms with Gasteiger partial charge in [0.1, 0.15) is 5.75 Å². The van der Waals surface area contributed by atoms with Gasteiger partial charge in [-0.2, -0.15) is 4.68 Å². The van der Waals surface area contributed by atoms with Crippen molar-refractivity contribution in [1.82, 2.24) is 25.1 Å². The van der Waals surface area contributed by atoms with E-state index in [-0.39, 0.29) is 12.1 Å². The number of nitrogens with one attached hydrogen (secondary N) is 1. The van der Waals surface area contributed by atoms with Crippen molar-refractivity contribution in [3.63, 3.8) is 0 Å². The number of nitrogens with zero attached hydrogens (tertiary/aromatic N) is 5. The summed E-state index contributed by atoms with van der Waals surface area (Å²) in [6, 6.07) is 15.3. The Labute approximate surface area is 163 Å². The summed E-state index contributed by atoms with van der Waals surface area (Å²) in [4.78, 5) is 14.7. The van der Waals surface area contributed by atoms with Crippen molar-refractivity contribution in [3.8, 4) is 11.4 Å². The normalized spacial score (nSPS) is 16.2. The van der Waals surface area contributed by atoms with Crippen LogP contribution in [0, 0.1) is 6.92 Å². The van der Waals surface area contributed by atoms with Crippen molar-refractivity contribution in [2.75, 3.05) is 19.0 Å². The number of tetrazole rings is 1. The van der Waals surface area contributed by atoms with Gasteiger partial charge in [-0.15, -0.1) is 5.10 Å². The summed E-state index contributed by atoms with van der Waals surface area (Å²) in [7, 11) is 1.65. The number of aryl methyl sites for hydroxylation is 1. The first kappa shape index (κ1) is 18.0. The fourth-order valence-corrected chi connectivity index (χ4v) is 3.56. The van der Waals surface area contributed by atoms with Crippen LogP contribution in [-0.4, -0.2) is 44.8 Å². The molecule has 144 valence electrons. The first-order valence-electron chi connectivity index (χ1n) is 9.23. The lowest BCUT2D eigenvalue weighted by molar-refractivity contribution is 0.207. The van der Waals surface area contributed by atoms with Gasteiger partial charge in [-0.05, 0) is 72.2 Å². The number of aromatic nitrogens is 4. The van der Waals surface area contributed by atoms with Crippen LogP contribution >= 0.6 is 0 Å². The molecule has 1 saturated heterocycles. The molecular formula is C20H22N6O2. The largest absolute Gasteiger partial charge is 0.497 e. The second kappa shape index (κ2) is 7.67. The van der Waals surface area contributed by atoms with E-state index < -0.39 is 0 Å². The number of ether oxygens (including phenoxy) is 1. The van der Waals surface area contributed by atoms with E-state index in [0.29, 0.717) is 5.82 Å². The number of hydrogen-bond donors (Lipinski definition) is 1. The van der Waals surface area contributed by atoms with Gasteiger partial charge in [0.05, 0.1) is 18.8 Å². The van der Waals surface area contributed by atoms with Crippen molar-refractivity contribution < 1.29 is 9.53 Å². The predicted molar refractivity (Wildman–Crippen MR) is 105 cm³/mol. The Morgan fingerprint density at radius 1 is 1.21 bits per heavy atom. The first-order chi connectivity index (χ1) is 13.7. The van der Waals surface area contributed by atoms with E-state index >= 15 is 0 Å². The van der Waals surface area contributed by atoms with Gasteiger partial charge >= 0.3 is 6.03 Å². The molecule has 0 aliphatic carbocycles. The Kier molecular flexibility index (Phi) is 4.92. The molecule has 2 heterocycles. The maximum absolute atomic E-state index is 12.9. The smallest absolute Gasteiger partial charge is 0.322 e. The average Bonchev–Trinajstić information content (AvgIpc) is 3.38. The average molecular weight is 378 g/mol. The van der Waals surface area contributed by atoms with Gasteiger partial charge in [0.15, 0.2) is 5.82 Å². The number of likely N-dealkylation sites (tertiary alicyclic amines) is 1.